The molecule has 0 saturated carbocycles. The standard InChI is InChI=1S/C20H16BrNO3/c1-13(10-14-6-4-3-5-7-14)11-17-20(23)25-19(22-17)15-8-9-18(24-2)16(21)12-15/h3-12H,1-2H3/b13-10+,17-11+. The van der Waals surface area contributed by atoms with Crippen molar-refractivity contribution >= 4 is 33.9 Å². The zero-order valence-electron chi connectivity index (χ0n) is 13.8. The molecule has 0 aliphatic carbocycles. The van der Waals surface area contributed by atoms with E-state index in [2.05, 4.69) is 20.9 Å². The summed E-state index contributed by atoms with van der Waals surface area (Å²) in [4.78, 5) is 16.4. The second kappa shape index (κ2) is 7.49. The van der Waals surface area contributed by atoms with E-state index in [1.165, 1.54) is 0 Å². The highest BCUT2D eigenvalue weighted by Gasteiger charge is 2.24. The molecule has 0 radical (unpaired) electrons. The van der Waals surface area contributed by atoms with E-state index in [1.54, 1.807) is 31.4 Å². The second-order valence-electron chi connectivity index (χ2n) is 5.48. The molecule has 0 bridgehead atoms. The second-order valence-corrected chi connectivity index (χ2v) is 6.34. The van der Waals surface area contributed by atoms with Gasteiger partial charge >= 0.3 is 5.97 Å². The third-order valence-electron chi connectivity index (χ3n) is 3.58. The van der Waals surface area contributed by atoms with Crippen LogP contribution in [-0.2, 0) is 9.53 Å². The largest absolute Gasteiger partial charge is 0.496 e. The lowest BCUT2D eigenvalue weighted by atomic mass is 10.1. The highest BCUT2D eigenvalue weighted by molar-refractivity contribution is 9.10. The third kappa shape index (κ3) is 4.06. The van der Waals surface area contributed by atoms with Crippen LogP contribution in [0.15, 0.2) is 75.3 Å². The van der Waals surface area contributed by atoms with Gasteiger partial charge in [0.2, 0.25) is 5.90 Å². The van der Waals surface area contributed by atoms with Gasteiger partial charge in [0.25, 0.3) is 0 Å². The lowest BCUT2D eigenvalue weighted by Gasteiger charge is -2.05. The van der Waals surface area contributed by atoms with Crippen LogP contribution in [0.2, 0.25) is 0 Å². The molecule has 0 fully saturated rings. The van der Waals surface area contributed by atoms with E-state index in [1.807, 2.05) is 43.3 Å². The molecule has 0 aromatic heterocycles. The Kier molecular flexibility index (Phi) is 5.14. The average molecular weight is 398 g/mol. The van der Waals surface area contributed by atoms with E-state index in [9.17, 15) is 4.79 Å². The molecule has 2 aromatic carbocycles. The van der Waals surface area contributed by atoms with Gasteiger partial charge < -0.3 is 9.47 Å². The van der Waals surface area contributed by atoms with Crippen molar-refractivity contribution in [3.8, 4) is 5.75 Å². The van der Waals surface area contributed by atoms with Crippen molar-refractivity contribution < 1.29 is 14.3 Å². The number of cyclic esters (lactones) is 1. The maximum Gasteiger partial charge on any atom is 0.363 e. The number of hydrogen-bond donors (Lipinski definition) is 0. The van der Waals surface area contributed by atoms with Crippen LogP contribution in [0.5, 0.6) is 5.75 Å². The van der Waals surface area contributed by atoms with Crippen LogP contribution in [0.1, 0.15) is 18.1 Å². The molecule has 126 valence electrons. The van der Waals surface area contributed by atoms with E-state index in [0.717, 1.165) is 15.6 Å². The monoisotopic (exact) mass is 397 g/mol. The lowest BCUT2D eigenvalue weighted by Crippen LogP contribution is -2.05. The van der Waals surface area contributed by atoms with Crippen LogP contribution >= 0.6 is 15.9 Å². The molecule has 0 spiro atoms. The molecular weight excluding hydrogens is 382 g/mol. The summed E-state index contributed by atoms with van der Waals surface area (Å²) in [6, 6.07) is 15.3. The first kappa shape index (κ1) is 17.2. The molecule has 25 heavy (non-hydrogen) atoms. The SMILES string of the molecule is COc1ccc(C2=N/C(=C/C(C)=C/c3ccccc3)C(=O)O2)cc1Br. The molecule has 2 aromatic rings. The Morgan fingerprint density at radius 2 is 1.96 bits per heavy atom. The van der Waals surface area contributed by atoms with Crippen LogP contribution in [0, 0.1) is 0 Å². The number of hydrogen-bond acceptors (Lipinski definition) is 4. The number of nitrogens with zero attached hydrogens (tertiary/aromatic N) is 1. The van der Waals surface area contributed by atoms with Crippen molar-refractivity contribution in [2.24, 2.45) is 4.99 Å². The first-order valence-electron chi connectivity index (χ1n) is 7.66. The maximum atomic E-state index is 12.1. The van der Waals surface area contributed by atoms with Gasteiger partial charge in [-0.3, -0.25) is 0 Å². The summed E-state index contributed by atoms with van der Waals surface area (Å²) in [7, 11) is 1.59. The number of carbonyl (C=O) groups is 1. The van der Waals surface area contributed by atoms with Crippen LogP contribution in [-0.4, -0.2) is 19.0 Å². The molecule has 0 amide bonds. The molecule has 0 saturated heterocycles. The van der Waals surface area contributed by atoms with E-state index in [0.29, 0.717) is 11.3 Å². The van der Waals surface area contributed by atoms with Crippen molar-refractivity contribution in [2.45, 2.75) is 6.92 Å². The number of rotatable bonds is 4. The van der Waals surface area contributed by atoms with Crippen molar-refractivity contribution in [3.05, 3.63) is 81.5 Å². The Balaban J connectivity index is 1.87. The molecule has 4 nitrogen and oxygen atoms in total. The molecule has 0 unspecified atom stereocenters. The minimum Gasteiger partial charge on any atom is -0.496 e. The zero-order chi connectivity index (χ0) is 17.8. The number of aliphatic imine (C=N–C) groups is 1. The Bertz CT molecular complexity index is 898. The number of carbonyl (C=O) groups excluding carboxylic acids is 1. The van der Waals surface area contributed by atoms with Gasteiger partial charge in [-0.05, 0) is 58.3 Å². The van der Waals surface area contributed by atoms with E-state index in [-0.39, 0.29) is 11.6 Å². The zero-order valence-corrected chi connectivity index (χ0v) is 15.4. The van der Waals surface area contributed by atoms with Gasteiger partial charge in [-0.15, -0.1) is 0 Å². The summed E-state index contributed by atoms with van der Waals surface area (Å²) in [5.74, 6) is 0.529. The number of benzene rings is 2. The summed E-state index contributed by atoms with van der Waals surface area (Å²) in [6.45, 7) is 1.92. The topological polar surface area (TPSA) is 47.9 Å². The maximum absolute atomic E-state index is 12.1. The summed E-state index contributed by atoms with van der Waals surface area (Å²) in [5.41, 5.74) is 2.96. The highest BCUT2D eigenvalue weighted by Crippen LogP contribution is 2.27. The smallest absolute Gasteiger partial charge is 0.363 e. The van der Waals surface area contributed by atoms with Crippen LogP contribution in [0.25, 0.3) is 6.08 Å². The van der Waals surface area contributed by atoms with Gasteiger partial charge in [0.05, 0.1) is 11.6 Å². The number of halogens is 1. The van der Waals surface area contributed by atoms with Crippen molar-refractivity contribution in [2.75, 3.05) is 7.11 Å². The number of methoxy groups -OCH3 is 1. The van der Waals surface area contributed by atoms with Gasteiger partial charge in [-0.2, -0.15) is 0 Å². The van der Waals surface area contributed by atoms with Crippen molar-refractivity contribution in [3.63, 3.8) is 0 Å². The third-order valence-corrected chi connectivity index (χ3v) is 4.20. The van der Waals surface area contributed by atoms with Crippen LogP contribution < -0.4 is 4.74 Å². The number of allylic oxidation sites excluding steroid dienone is 2. The lowest BCUT2D eigenvalue weighted by molar-refractivity contribution is -0.130. The van der Waals surface area contributed by atoms with Gasteiger partial charge in [0.15, 0.2) is 5.70 Å². The molecule has 1 aliphatic rings. The van der Waals surface area contributed by atoms with Gasteiger partial charge in [0.1, 0.15) is 5.75 Å². The summed E-state index contributed by atoms with van der Waals surface area (Å²) in [6.07, 6.45) is 3.71. The molecule has 0 N–H and O–H groups in total. The summed E-state index contributed by atoms with van der Waals surface area (Å²) >= 11 is 3.42. The fourth-order valence-corrected chi connectivity index (χ4v) is 2.94. The van der Waals surface area contributed by atoms with E-state index >= 15 is 0 Å². The minimum atomic E-state index is -0.456. The van der Waals surface area contributed by atoms with Crippen molar-refractivity contribution in [1.82, 2.24) is 0 Å². The van der Waals surface area contributed by atoms with Crippen molar-refractivity contribution in [1.29, 1.82) is 0 Å². The first-order chi connectivity index (χ1) is 12.1. The summed E-state index contributed by atoms with van der Waals surface area (Å²) < 4.78 is 11.3. The fraction of sp³-hybridized carbons (Fsp3) is 0.100. The summed E-state index contributed by atoms with van der Waals surface area (Å²) in [5, 5.41) is 0. The van der Waals surface area contributed by atoms with Gasteiger partial charge in [-0.25, -0.2) is 9.79 Å². The van der Waals surface area contributed by atoms with Crippen LogP contribution in [0.3, 0.4) is 0 Å². The normalized spacial score (nSPS) is 16.0. The highest BCUT2D eigenvalue weighted by atomic mass is 79.9. The van der Waals surface area contributed by atoms with E-state index < -0.39 is 5.97 Å². The molecule has 3 rings (SSSR count). The first-order valence-corrected chi connectivity index (χ1v) is 8.46. The molecule has 1 aliphatic heterocycles. The van der Waals surface area contributed by atoms with Crippen LogP contribution in [0.4, 0.5) is 0 Å². The Morgan fingerprint density at radius 1 is 1.20 bits per heavy atom. The number of ether oxygens (including phenoxy) is 2. The number of esters is 1. The molecule has 5 heteroatoms. The Morgan fingerprint density at radius 3 is 2.64 bits per heavy atom. The van der Waals surface area contributed by atoms with Gasteiger partial charge in [0, 0.05) is 5.56 Å². The molecule has 0 atom stereocenters. The van der Waals surface area contributed by atoms with Gasteiger partial charge in [-0.1, -0.05) is 36.4 Å². The average Bonchev–Trinajstić information content (AvgIpc) is 2.96. The Labute approximate surface area is 154 Å². The predicted molar refractivity (Wildman–Crippen MR) is 101 cm³/mol. The fourth-order valence-electron chi connectivity index (χ4n) is 2.40. The predicted octanol–water partition coefficient (Wildman–Crippen LogP) is 4.75. The van der Waals surface area contributed by atoms with E-state index in [4.69, 9.17) is 9.47 Å². The Hall–Kier alpha value is -2.66. The molecular formula is C20H16BrNO3. The molecule has 1 heterocycles. The minimum absolute atomic E-state index is 0.284. The quantitative estimate of drug-likeness (QED) is 0.552.